The van der Waals surface area contributed by atoms with Gasteiger partial charge < -0.3 is 9.47 Å². The maximum absolute atomic E-state index is 2.41. The lowest BCUT2D eigenvalue weighted by atomic mass is 9.94. The van der Waals surface area contributed by atoms with Crippen molar-refractivity contribution in [2.75, 3.05) is 4.90 Å². The Morgan fingerprint density at radius 3 is 1.46 bits per heavy atom. The van der Waals surface area contributed by atoms with Crippen LogP contribution in [0.25, 0.3) is 77.1 Å². The molecule has 0 saturated heterocycles. The zero-order valence-corrected chi connectivity index (χ0v) is 31.3. The lowest BCUT2D eigenvalue weighted by molar-refractivity contribution is 0.827. The highest BCUT2D eigenvalue weighted by Gasteiger charge is 2.18. The summed E-state index contributed by atoms with van der Waals surface area (Å²) in [6, 6.07) is 77.1. The molecule has 0 fully saturated rings. The number of nitrogens with zero attached hydrogens (tertiary/aromatic N) is 2. The fourth-order valence-corrected chi connectivity index (χ4v) is 8.44. The third-order valence-electron chi connectivity index (χ3n) is 11.2. The van der Waals surface area contributed by atoms with E-state index in [0.717, 1.165) is 23.6 Å². The van der Waals surface area contributed by atoms with Gasteiger partial charge in [-0.1, -0.05) is 164 Å². The number of rotatable bonds is 8. The molecule has 10 aromatic rings. The molecule has 0 spiro atoms. The molecule has 56 heavy (non-hydrogen) atoms. The molecule has 0 unspecified atom stereocenters. The van der Waals surface area contributed by atoms with Crippen molar-refractivity contribution < 1.29 is 0 Å². The first-order chi connectivity index (χ1) is 27.7. The van der Waals surface area contributed by atoms with E-state index in [-0.39, 0.29) is 0 Å². The average molecular weight is 717 g/mol. The Kier molecular flexibility index (Phi) is 8.50. The lowest BCUT2D eigenvalue weighted by Crippen LogP contribution is -2.10. The van der Waals surface area contributed by atoms with Crippen LogP contribution in [0.2, 0.25) is 0 Å². The predicted molar refractivity (Wildman–Crippen MR) is 239 cm³/mol. The van der Waals surface area contributed by atoms with Crippen LogP contribution in [0.3, 0.4) is 0 Å². The van der Waals surface area contributed by atoms with E-state index in [1.807, 2.05) is 0 Å². The standard InChI is InChI=1S/C54H40N2/c1-2-55-52-20-12-11-19-50(52)51-37-44(31-35-53(51)55)42-23-21-39(22-24-42)40-25-27-43(28-26-40)47-34-36-54(49-18-10-9-17-48(47)49)56(45-15-7-4-8-16-45)46-32-29-41(30-33-46)38-13-5-3-6-14-38/h3-37H,2H2,1H3. The number of aryl methyl sites for hydroxylation is 1. The van der Waals surface area contributed by atoms with Crippen LogP contribution in [0.1, 0.15) is 6.92 Å². The van der Waals surface area contributed by atoms with Gasteiger partial charge >= 0.3 is 0 Å². The molecule has 1 heterocycles. The Morgan fingerprint density at radius 2 is 0.804 bits per heavy atom. The molecular formula is C54H40N2. The Hall–Kier alpha value is -7.16. The highest BCUT2D eigenvalue weighted by atomic mass is 15.1. The van der Waals surface area contributed by atoms with Crippen molar-refractivity contribution in [1.29, 1.82) is 0 Å². The van der Waals surface area contributed by atoms with Gasteiger partial charge in [0.05, 0.1) is 5.69 Å². The number of para-hydroxylation sites is 2. The van der Waals surface area contributed by atoms with Crippen molar-refractivity contribution in [3.63, 3.8) is 0 Å². The number of hydrogen-bond donors (Lipinski definition) is 0. The van der Waals surface area contributed by atoms with E-state index in [2.05, 4.69) is 229 Å². The van der Waals surface area contributed by atoms with Crippen LogP contribution in [-0.2, 0) is 6.54 Å². The Balaban J connectivity index is 0.964. The molecule has 2 nitrogen and oxygen atoms in total. The van der Waals surface area contributed by atoms with Crippen molar-refractivity contribution in [3.8, 4) is 44.5 Å². The van der Waals surface area contributed by atoms with Crippen LogP contribution in [0, 0.1) is 0 Å². The average Bonchev–Trinajstić information content (AvgIpc) is 3.60. The Labute approximate surface area is 328 Å². The topological polar surface area (TPSA) is 8.17 Å². The summed E-state index contributed by atoms with van der Waals surface area (Å²) in [5.41, 5.74) is 15.7. The predicted octanol–water partition coefficient (Wildman–Crippen LogP) is 15.1. The third kappa shape index (κ3) is 5.93. The van der Waals surface area contributed by atoms with Gasteiger partial charge in [0.1, 0.15) is 0 Å². The van der Waals surface area contributed by atoms with Gasteiger partial charge in [-0.2, -0.15) is 0 Å². The fraction of sp³-hybridized carbons (Fsp3) is 0.0370. The second kappa shape index (κ2) is 14.2. The van der Waals surface area contributed by atoms with Gasteiger partial charge in [-0.15, -0.1) is 0 Å². The van der Waals surface area contributed by atoms with Crippen LogP contribution < -0.4 is 4.90 Å². The van der Waals surface area contributed by atoms with E-state index in [1.165, 1.54) is 77.1 Å². The fourth-order valence-electron chi connectivity index (χ4n) is 8.44. The maximum Gasteiger partial charge on any atom is 0.0540 e. The second-order valence-corrected chi connectivity index (χ2v) is 14.4. The van der Waals surface area contributed by atoms with E-state index in [9.17, 15) is 0 Å². The SMILES string of the molecule is CCn1c2ccccc2c2cc(-c3ccc(-c4ccc(-c5ccc(N(c6ccccc6)c6ccc(-c7ccccc7)cc6)c6ccccc56)cc4)cc3)ccc21. The Bertz CT molecular complexity index is 2960. The summed E-state index contributed by atoms with van der Waals surface area (Å²) in [5.74, 6) is 0. The summed E-state index contributed by atoms with van der Waals surface area (Å²) in [7, 11) is 0. The van der Waals surface area contributed by atoms with Crippen LogP contribution in [-0.4, -0.2) is 4.57 Å². The van der Waals surface area contributed by atoms with Crippen molar-refractivity contribution >= 4 is 49.6 Å². The monoisotopic (exact) mass is 716 g/mol. The summed E-state index contributed by atoms with van der Waals surface area (Å²) in [5, 5.41) is 5.05. The van der Waals surface area contributed by atoms with Gasteiger partial charge in [-0.05, 0) is 105 Å². The minimum atomic E-state index is 0.954. The zero-order valence-electron chi connectivity index (χ0n) is 31.3. The quantitative estimate of drug-likeness (QED) is 0.152. The second-order valence-electron chi connectivity index (χ2n) is 14.4. The maximum atomic E-state index is 2.41. The smallest absolute Gasteiger partial charge is 0.0540 e. The van der Waals surface area contributed by atoms with Crippen LogP contribution in [0.15, 0.2) is 212 Å². The molecule has 0 radical (unpaired) electrons. The summed E-state index contributed by atoms with van der Waals surface area (Å²) in [6.45, 7) is 3.17. The number of benzene rings is 9. The highest BCUT2D eigenvalue weighted by molar-refractivity contribution is 6.09. The Morgan fingerprint density at radius 1 is 0.339 bits per heavy atom. The van der Waals surface area contributed by atoms with Gasteiger partial charge in [-0.3, -0.25) is 0 Å². The van der Waals surface area contributed by atoms with Gasteiger partial charge in [0.2, 0.25) is 0 Å². The van der Waals surface area contributed by atoms with Crippen molar-refractivity contribution in [2.24, 2.45) is 0 Å². The summed E-state index contributed by atoms with van der Waals surface area (Å²) in [4.78, 5) is 2.37. The molecular weight excluding hydrogens is 677 g/mol. The first-order valence-electron chi connectivity index (χ1n) is 19.5. The first kappa shape index (κ1) is 33.4. The molecule has 10 rings (SSSR count). The highest BCUT2D eigenvalue weighted by Crippen LogP contribution is 2.43. The number of hydrogen-bond acceptors (Lipinski definition) is 1. The molecule has 0 atom stereocenters. The van der Waals surface area contributed by atoms with Gasteiger partial charge in [0.25, 0.3) is 0 Å². The lowest BCUT2D eigenvalue weighted by Gasteiger charge is -2.27. The van der Waals surface area contributed by atoms with E-state index in [4.69, 9.17) is 0 Å². The molecule has 0 N–H and O–H groups in total. The molecule has 0 saturated carbocycles. The van der Waals surface area contributed by atoms with Crippen molar-refractivity contribution in [1.82, 2.24) is 4.57 Å². The normalized spacial score (nSPS) is 11.4. The van der Waals surface area contributed by atoms with Gasteiger partial charge in [0.15, 0.2) is 0 Å². The first-order valence-corrected chi connectivity index (χ1v) is 19.5. The molecule has 2 heteroatoms. The number of aromatic nitrogens is 1. The van der Waals surface area contributed by atoms with Crippen molar-refractivity contribution in [3.05, 3.63) is 212 Å². The molecule has 0 aliphatic carbocycles. The molecule has 0 amide bonds. The molecule has 266 valence electrons. The third-order valence-corrected chi connectivity index (χ3v) is 11.2. The minimum Gasteiger partial charge on any atom is -0.341 e. The van der Waals surface area contributed by atoms with Gasteiger partial charge in [-0.25, -0.2) is 0 Å². The van der Waals surface area contributed by atoms with E-state index < -0.39 is 0 Å². The van der Waals surface area contributed by atoms with Crippen LogP contribution >= 0.6 is 0 Å². The van der Waals surface area contributed by atoms with Crippen LogP contribution in [0.4, 0.5) is 17.1 Å². The number of fused-ring (bicyclic) bond motifs is 4. The zero-order chi connectivity index (χ0) is 37.4. The minimum absolute atomic E-state index is 0.954. The molecule has 9 aromatic carbocycles. The van der Waals surface area contributed by atoms with Crippen LogP contribution in [0.5, 0.6) is 0 Å². The largest absolute Gasteiger partial charge is 0.341 e. The molecule has 0 aliphatic heterocycles. The summed E-state index contributed by atoms with van der Waals surface area (Å²) in [6.07, 6.45) is 0. The number of anilines is 3. The summed E-state index contributed by atoms with van der Waals surface area (Å²) >= 11 is 0. The van der Waals surface area contributed by atoms with E-state index in [1.54, 1.807) is 0 Å². The van der Waals surface area contributed by atoms with E-state index in [0.29, 0.717) is 0 Å². The van der Waals surface area contributed by atoms with Crippen molar-refractivity contribution in [2.45, 2.75) is 13.5 Å². The summed E-state index contributed by atoms with van der Waals surface area (Å²) < 4.78 is 2.41. The van der Waals surface area contributed by atoms with Gasteiger partial charge in [0, 0.05) is 45.1 Å². The molecule has 0 bridgehead atoms. The van der Waals surface area contributed by atoms with E-state index >= 15 is 0 Å². The molecule has 0 aliphatic rings. The molecule has 1 aromatic heterocycles.